The van der Waals surface area contributed by atoms with Crippen molar-refractivity contribution in [3.63, 3.8) is 0 Å². The Kier molecular flexibility index (Phi) is 5.36. The van der Waals surface area contributed by atoms with Crippen molar-refractivity contribution >= 4 is 23.2 Å². The number of carbonyl (C=O) groups excluding carboxylic acids is 2. The van der Waals surface area contributed by atoms with Crippen LogP contribution in [0.1, 0.15) is 72.0 Å². The number of ether oxygens (including phenoxy) is 1. The summed E-state index contributed by atoms with van der Waals surface area (Å²) in [5, 5.41) is 3.01. The van der Waals surface area contributed by atoms with Crippen molar-refractivity contribution < 1.29 is 14.3 Å². The summed E-state index contributed by atoms with van der Waals surface area (Å²) < 4.78 is 5.38. The molecule has 0 saturated heterocycles. The van der Waals surface area contributed by atoms with Gasteiger partial charge in [-0.3, -0.25) is 4.79 Å². The van der Waals surface area contributed by atoms with Crippen LogP contribution >= 0.6 is 11.3 Å². The van der Waals surface area contributed by atoms with Gasteiger partial charge in [0.25, 0.3) is 5.91 Å². The molecule has 4 nitrogen and oxygen atoms in total. The van der Waals surface area contributed by atoms with Gasteiger partial charge in [0, 0.05) is 10.9 Å². The molecule has 1 heterocycles. The Hall–Kier alpha value is -1.36. The van der Waals surface area contributed by atoms with Gasteiger partial charge in [0.2, 0.25) is 0 Å². The molecule has 3 rings (SSSR count). The van der Waals surface area contributed by atoms with Crippen LogP contribution in [0.15, 0.2) is 6.07 Å². The Labute approximate surface area is 141 Å². The van der Waals surface area contributed by atoms with E-state index in [1.165, 1.54) is 53.9 Å². The van der Waals surface area contributed by atoms with Crippen molar-refractivity contribution in [3.8, 4) is 0 Å². The third-order valence-electron chi connectivity index (χ3n) is 4.80. The third-order valence-corrected chi connectivity index (χ3v) is 6.02. The molecule has 1 atom stereocenters. The van der Waals surface area contributed by atoms with E-state index in [4.69, 9.17) is 4.74 Å². The van der Waals surface area contributed by atoms with Crippen LogP contribution in [0.3, 0.4) is 0 Å². The molecule has 23 heavy (non-hydrogen) atoms. The molecule has 1 saturated carbocycles. The molecule has 2 aliphatic carbocycles. The second kappa shape index (κ2) is 7.47. The fraction of sp³-hybridized carbons (Fsp3) is 0.667. The molecule has 0 radical (unpaired) electrons. The van der Waals surface area contributed by atoms with Crippen molar-refractivity contribution in [2.24, 2.45) is 0 Å². The molecule has 1 aromatic heterocycles. The van der Waals surface area contributed by atoms with Gasteiger partial charge in [0.15, 0.2) is 6.10 Å². The first-order valence-electron chi connectivity index (χ1n) is 8.76. The Morgan fingerprint density at radius 2 is 1.91 bits per heavy atom. The lowest BCUT2D eigenvalue weighted by molar-refractivity contribution is -0.130. The van der Waals surface area contributed by atoms with E-state index >= 15 is 0 Å². The van der Waals surface area contributed by atoms with E-state index in [2.05, 4.69) is 5.32 Å². The molecule has 126 valence electrons. The minimum absolute atomic E-state index is 0.174. The molecule has 1 aromatic rings. The van der Waals surface area contributed by atoms with E-state index in [-0.39, 0.29) is 17.9 Å². The lowest BCUT2D eigenvalue weighted by Gasteiger charge is -2.24. The first-order valence-corrected chi connectivity index (χ1v) is 9.58. The van der Waals surface area contributed by atoms with E-state index in [9.17, 15) is 9.59 Å². The zero-order chi connectivity index (χ0) is 16.2. The largest absolute Gasteiger partial charge is 0.448 e. The quantitative estimate of drug-likeness (QED) is 0.855. The Balaban J connectivity index is 1.54. The molecular weight excluding hydrogens is 310 g/mol. The van der Waals surface area contributed by atoms with Gasteiger partial charge < -0.3 is 10.1 Å². The van der Waals surface area contributed by atoms with Gasteiger partial charge in [-0.15, -0.1) is 11.3 Å². The predicted molar refractivity (Wildman–Crippen MR) is 90.9 cm³/mol. The number of aryl methyl sites for hydroxylation is 2. The zero-order valence-electron chi connectivity index (χ0n) is 13.7. The highest BCUT2D eigenvalue weighted by Crippen LogP contribution is 2.30. The maximum absolute atomic E-state index is 12.3. The van der Waals surface area contributed by atoms with Gasteiger partial charge in [0.05, 0.1) is 0 Å². The number of fused-ring (bicyclic) bond motifs is 1. The van der Waals surface area contributed by atoms with E-state index < -0.39 is 6.10 Å². The SMILES string of the molecule is CC(OC(=O)c1cc2c(s1)CCCC2)C(=O)NC1CCCCC1. The molecule has 1 fully saturated rings. The molecule has 1 amide bonds. The number of hydrogen-bond acceptors (Lipinski definition) is 4. The van der Waals surface area contributed by atoms with Crippen LogP contribution in [-0.2, 0) is 22.4 Å². The number of nitrogens with one attached hydrogen (secondary N) is 1. The van der Waals surface area contributed by atoms with Crippen molar-refractivity contribution in [1.29, 1.82) is 0 Å². The zero-order valence-corrected chi connectivity index (χ0v) is 14.5. The minimum Gasteiger partial charge on any atom is -0.448 e. The summed E-state index contributed by atoms with van der Waals surface area (Å²) in [4.78, 5) is 26.4. The lowest BCUT2D eigenvalue weighted by Crippen LogP contribution is -2.42. The van der Waals surface area contributed by atoms with Crippen LogP contribution in [0.25, 0.3) is 0 Å². The topological polar surface area (TPSA) is 55.4 Å². The van der Waals surface area contributed by atoms with Crippen LogP contribution in [0.4, 0.5) is 0 Å². The van der Waals surface area contributed by atoms with E-state index in [1.807, 2.05) is 6.07 Å². The summed E-state index contributed by atoms with van der Waals surface area (Å²) >= 11 is 1.53. The van der Waals surface area contributed by atoms with Crippen LogP contribution in [0, 0.1) is 0 Å². The number of amides is 1. The molecule has 0 aromatic carbocycles. The summed E-state index contributed by atoms with van der Waals surface area (Å²) in [5.74, 6) is -0.540. The first-order chi connectivity index (χ1) is 11.1. The molecule has 0 spiro atoms. The maximum atomic E-state index is 12.3. The average molecular weight is 335 g/mol. The van der Waals surface area contributed by atoms with E-state index in [1.54, 1.807) is 6.92 Å². The number of esters is 1. The average Bonchev–Trinajstić information content (AvgIpc) is 3.00. The molecule has 0 aliphatic heterocycles. The van der Waals surface area contributed by atoms with Gasteiger partial charge in [-0.1, -0.05) is 19.3 Å². The highest BCUT2D eigenvalue weighted by Gasteiger charge is 2.24. The van der Waals surface area contributed by atoms with Gasteiger partial charge >= 0.3 is 5.97 Å². The number of carbonyl (C=O) groups is 2. The van der Waals surface area contributed by atoms with E-state index in [0.29, 0.717) is 4.88 Å². The number of hydrogen-bond donors (Lipinski definition) is 1. The summed E-state index contributed by atoms with van der Waals surface area (Å²) in [7, 11) is 0. The summed E-state index contributed by atoms with van der Waals surface area (Å²) in [6.45, 7) is 1.66. The van der Waals surface area contributed by atoms with Crippen LogP contribution in [0.2, 0.25) is 0 Å². The smallest absolute Gasteiger partial charge is 0.349 e. The van der Waals surface area contributed by atoms with Crippen molar-refractivity contribution in [2.45, 2.75) is 76.9 Å². The molecule has 1 unspecified atom stereocenters. The summed E-state index contributed by atoms with van der Waals surface area (Å²) in [5.41, 5.74) is 1.28. The predicted octanol–water partition coefficient (Wildman–Crippen LogP) is 3.62. The summed E-state index contributed by atoms with van der Waals surface area (Å²) in [6, 6.07) is 2.19. The Bertz CT molecular complexity index is 551. The maximum Gasteiger partial charge on any atom is 0.349 e. The second-order valence-electron chi connectivity index (χ2n) is 6.66. The van der Waals surface area contributed by atoms with Crippen LogP contribution in [0.5, 0.6) is 0 Å². The van der Waals surface area contributed by atoms with Crippen molar-refractivity contribution in [3.05, 3.63) is 21.4 Å². The van der Waals surface area contributed by atoms with E-state index in [0.717, 1.165) is 25.7 Å². The molecule has 5 heteroatoms. The minimum atomic E-state index is -0.733. The van der Waals surface area contributed by atoms with Gasteiger partial charge in [-0.25, -0.2) is 4.79 Å². The highest BCUT2D eigenvalue weighted by molar-refractivity contribution is 7.14. The molecule has 0 bridgehead atoms. The fourth-order valence-corrected chi connectivity index (χ4v) is 4.57. The Morgan fingerprint density at radius 3 is 2.65 bits per heavy atom. The lowest BCUT2D eigenvalue weighted by atomic mass is 9.95. The first kappa shape index (κ1) is 16.5. The third kappa shape index (κ3) is 4.14. The summed E-state index contributed by atoms with van der Waals surface area (Å²) in [6.07, 6.45) is 9.42. The normalized spacial score (nSPS) is 19.7. The monoisotopic (exact) mass is 335 g/mol. The molecular formula is C18H25NO3S. The van der Waals surface area contributed by atoms with Crippen molar-refractivity contribution in [2.75, 3.05) is 0 Å². The van der Waals surface area contributed by atoms with Gasteiger partial charge in [-0.05, 0) is 57.1 Å². The second-order valence-corrected chi connectivity index (χ2v) is 7.79. The van der Waals surface area contributed by atoms with Crippen LogP contribution in [-0.4, -0.2) is 24.0 Å². The van der Waals surface area contributed by atoms with Crippen molar-refractivity contribution in [1.82, 2.24) is 5.32 Å². The van der Waals surface area contributed by atoms with Gasteiger partial charge in [-0.2, -0.15) is 0 Å². The fourth-order valence-electron chi connectivity index (χ4n) is 3.43. The highest BCUT2D eigenvalue weighted by atomic mass is 32.1. The number of rotatable bonds is 4. The Morgan fingerprint density at radius 1 is 1.17 bits per heavy atom. The van der Waals surface area contributed by atoms with Crippen LogP contribution < -0.4 is 5.32 Å². The molecule has 2 aliphatic rings. The van der Waals surface area contributed by atoms with Gasteiger partial charge in [0.1, 0.15) is 4.88 Å². The molecule has 1 N–H and O–H groups in total. The number of thiophene rings is 1. The standard InChI is InChI=1S/C18H25NO3S/c1-12(17(20)19-14-8-3-2-4-9-14)22-18(21)16-11-13-7-5-6-10-15(13)23-16/h11-12,14H,2-10H2,1H3,(H,19,20).